The summed E-state index contributed by atoms with van der Waals surface area (Å²) in [6.45, 7) is 5.66. The Kier molecular flexibility index (Phi) is 4.49. The number of aryl methyl sites for hydroxylation is 1. The number of rotatable bonds is 4. The summed E-state index contributed by atoms with van der Waals surface area (Å²) in [5.74, 6) is 0. The molecule has 2 heterocycles. The molecule has 1 aromatic rings. The van der Waals surface area contributed by atoms with Gasteiger partial charge < -0.3 is 19.5 Å². The van der Waals surface area contributed by atoms with Crippen molar-refractivity contribution < 1.29 is 19.4 Å². The molecule has 1 aromatic carbocycles. The van der Waals surface area contributed by atoms with E-state index in [1.165, 1.54) is 11.3 Å². The third-order valence-corrected chi connectivity index (χ3v) is 4.19. The number of aliphatic hydroxyl groups is 1. The number of carbonyl (C=O) groups is 1. The largest absolute Gasteiger partial charge is 0.441 e. The van der Waals surface area contributed by atoms with Gasteiger partial charge in [0, 0.05) is 24.5 Å². The Morgan fingerprint density at radius 2 is 2.09 bits per heavy atom. The van der Waals surface area contributed by atoms with Gasteiger partial charge in [-0.05, 0) is 30.2 Å². The van der Waals surface area contributed by atoms with Crippen LogP contribution in [0.1, 0.15) is 12.5 Å². The molecule has 0 unspecified atom stereocenters. The average Bonchev–Trinajstić information content (AvgIpc) is 2.96. The van der Waals surface area contributed by atoms with Crippen LogP contribution in [0, 0.1) is 0 Å². The van der Waals surface area contributed by atoms with Crippen LogP contribution in [-0.2, 0) is 15.9 Å². The molecule has 0 radical (unpaired) electrons. The van der Waals surface area contributed by atoms with Crippen LogP contribution in [0.25, 0.3) is 0 Å². The third kappa shape index (κ3) is 2.89. The Bertz CT molecular complexity index is 543. The lowest BCUT2D eigenvalue weighted by Gasteiger charge is -2.31. The van der Waals surface area contributed by atoms with E-state index >= 15 is 0 Å². The van der Waals surface area contributed by atoms with Crippen molar-refractivity contribution in [2.45, 2.75) is 19.4 Å². The molecule has 6 heteroatoms. The minimum Gasteiger partial charge on any atom is -0.441 e. The van der Waals surface area contributed by atoms with Crippen molar-refractivity contribution in [3.8, 4) is 0 Å². The minimum atomic E-state index is -0.434. The number of morpholine rings is 1. The van der Waals surface area contributed by atoms with Crippen LogP contribution < -0.4 is 9.80 Å². The van der Waals surface area contributed by atoms with E-state index in [0.717, 1.165) is 38.4 Å². The first-order chi connectivity index (χ1) is 10.7. The Labute approximate surface area is 130 Å². The summed E-state index contributed by atoms with van der Waals surface area (Å²) in [5.41, 5.74) is 3.25. The zero-order valence-corrected chi connectivity index (χ0v) is 12.8. The standard InChI is InChI=1S/C16H22N2O4/c1-2-12-9-13(18-10-14(11-19)22-16(18)20)3-4-15(12)17-5-7-21-8-6-17/h3-4,9,14,19H,2,5-8,10-11H2,1H3/t14-/m1/s1. The van der Waals surface area contributed by atoms with Crippen LogP contribution in [0.2, 0.25) is 0 Å². The quantitative estimate of drug-likeness (QED) is 0.911. The molecule has 2 saturated heterocycles. The van der Waals surface area contributed by atoms with Crippen molar-refractivity contribution in [3.63, 3.8) is 0 Å². The third-order valence-electron chi connectivity index (χ3n) is 4.19. The van der Waals surface area contributed by atoms with Crippen molar-refractivity contribution in [2.75, 3.05) is 49.3 Å². The van der Waals surface area contributed by atoms with Crippen LogP contribution in [-0.4, -0.2) is 56.8 Å². The van der Waals surface area contributed by atoms with Gasteiger partial charge in [0.1, 0.15) is 6.10 Å². The first-order valence-electron chi connectivity index (χ1n) is 7.77. The van der Waals surface area contributed by atoms with Gasteiger partial charge in [0.05, 0.1) is 26.4 Å². The molecule has 120 valence electrons. The van der Waals surface area contributed by atoms with Crippen LogP contribution in [0.4, 0.5) is 16.2 Å². The lowest BCUT2D eigenvalue weighted by Crippen LogP contribution is -2.36. The van der Waals surface area contributed by atoms with Crippen molar-refractivity contribution in [2.24, 2.45) is 0 Å². The van der Waals surface area contributed by atoms with Crippen molar-refractivity contribution in [3.05, 3.63) is 23.8 Å². The number of cyclic esters (lactones) is 1. The number of hydrogen-bond acceptors (Lipinski definition) is 5. The normalized spacial score (nSPS) is 22.1. The summed E-state index contributed by atoms with van der Waals surface area (Å²) in [7, 11) is 0. The average molecular weight is 306 g/mol. The topological polar surface area (TPSA) is 62.2 Å². The molecule has 1 amide bonds. The van der Waals surface area contributed by atoms with E-state index in [4.69, 9.17) is 14.6 Å². The minimum absolute atomic E-state index is 0.144. The number of benzene rings is 1. The predicted molar refractivity (Wildman–Crippen MR) is 83.6 cm³/mol. The maximum absolute atomic E-state index is 11.9. The molecule has 1 atom stereocenters. The van der Waals surface area contributed by atoms with Crippen LogP contribution in [0.15, 0.2) is 18.2 Å². The Morgan fingerprint density at radius 3 is 2.73 bits per heavy atom. The summed E-state index contributed by atoms with van der Waals surface area (Å²) in [5, 5.41) is 9.14. The fourth-order valence-electron chi connectivity index (χ4n) is 2.96. The first kappa shape index (κ1) is 15.1. The maximum atomic E-state index is 11.9. The van der Waals surface area contributed by atoms with Gasteiger partial charge >= 0.3 is 6.09 Å². The van der Waals surface area contributed by atoms with Gasteiger partial charge in [-0.25, -0.2) is 4.79 Å². The summed E-state index contributed by atoms with van der Waals surface area (Å²) in [4.78, 5) is 15.8. The highest BCUT2D eigenvalue weighted by molar-refractivity contribution is 5.90. The fraction of sp³-hybridized carbons (Fsp3) is 0.562. The molecule has 6 nitrogen and oxygen atoms in total. The Balaban J connectivity index is 1.83. The van der Waals surface area contributed by atoms with Crippen LogP contribution in [0.5, 0.6) is 0 Å². The molecule has 0 aromatic heterocycles. The summed E-state index contributed by atoms with van der Waals surface area (Å²) >= 11 is 0. The van der Waals surface area contributed by atoms with E-state index in [1.807, 2.05) is 12.1 Å². The maximum Gasteiger partial charge on any atom is 0.414 e. The zero-order valence-electron chi connectivity index (χ0n) is 12.8. The highest BCUT2D eigenvalue weighted by atomic mass is 16.6. The second kappa shape index (κ2) is 6.54. The lowest BCUT2D eigenvalue weighted by atomic mass is 10.1. The van der Waals surface area contributed by atoms with Gasteiger partial charge in [0.25, 0.3) is 0 Å². The van der Waals surface area contributed by atoms with E-state index < -0.39 is 6.10 Å². The van der Waals surface area contributed by atoms with E-state index in [-0.39, 0.29) is 12.7 Å². The fourth-order valence-corrected chi connectivity index (χ4v) is 2.96. The monoisotopic (exact) mass is 306 g/mol. The van der Waals surface area contributed by atoms with Gasteiger partial charge in [0.15, 0.2) is 0 Å². The van der Waals surface area contributed by atoms with Crippen molar-refractivity contribution in [1.82, 2.24) is 0 Å². The number of aliphatic hydroxyl groups excluding tert-OH is 1. The van der Waals surface area contributed by atoms with Gasteiger partial charge in [-0.3, -0.25) is 4.90 Å². The summed E-state index contributed by atoms with van der Waals surface area (Å²) in [6.07, 6.45) is 0.0732. The molecule has 0 bridgehead atoms. The zero-order chi connectivity index (χ0) is 15.5. The van der Waals surface area contributed by atoms with Crippen molar-refractivity contribution in [1.29, 1.82) is 0 Å². The number of carbonyl (C=O) groups excluding carboxylic acids is 1. The van der Waals surface area contributed by atoms with Crippen LogP contribution >= 0.6 is 0 Å². The Morgan fingerprint density at radius 1 is 1.32 bits per heavy atom. The molecule has 22 heavy (non-hydrogen) atoms. The highest BCUT2D eigenvalue weighted by Crippen LogP contribution is 2.29. The van der Waals surface area contributed by atoms with Crippen LogP contribution in [0.3, 0.4) is 0 Å². The van der Waals surface area contributed by atoms with E-state index in [2.05, 4.69) is 17.9 Å². The molecule has 0 aliphatic carbocycles. The molecule has 1 N–H and O–H groups in total. The smallest absolute Gasteiger partial charge is 0.414 e. The van der Waals surface area contributed by atoms with Gasteiger partial charge in [-0.15, -0.1) is 0 Å². The molecule has 2 aliphatic rings. The molecule has 2 aliphatic heterocycles. The SMILES string of the molecule is CCc1cc(N2C[C@H](CO)OC2=O)ccc1N1CCOCC1. The van der Waals surface area contributed by atoms with Gasteiger partial charge in [-0.2, -0.15) is 0 Å². The second-order valence-electron chi connectivity index (χ2n) is 5.56. The first-order valence-corrected chi connectivity index (χ1v) is 7.77. The Hall–Kier alpha value is -1.79. The molecule has 2 fully saturated rings. The number of amides is 1. The van der Waals surface area contributed by atoms with Gasteiger partial charge in [0.2, 0.25) is 0 Å². The van der Waals surface area contributed by atoms with Gasteiger partial charge in [-0.1, -0.05) is 6.92 Å². The molecule has 0 saturated carbocycles. The summed E-state index contributed by atoms with van der Waals surface area (Å²) in [6, 6.07) is 6.07. The second-order valence-corrected chi connectivity index (χ2v) is 5.56. The van der Waals surface area contributed by atoms with E-state index in [0.29, 0.717) is 6.54 Å². The number of anilines is 2. The molecular formula is C16H22N2O4. The molecular weight excluding hydrogens is 284 g/mol. The van der Waals surface area contributed by atoms with E-state index in [9.17, 15) is 4.79 Å². The number of hydrogen-bond donors (Lipinski definition) is 1. The van der Waals surface area contributed by atoms with Crippen molar-refractivity contribution >= 4 is 17.5 Å². The number of nitrogens with zero attached hydrogens (tertiary/aromatic N) is 2. The summed E-state index contributed by atoms with van der Waals surface area (Å²) < 4.78 is 10.5. The lowest BCUT2D eigenvalue weighted by molar-refractivity contribution is 0.0963. The molecule has 0 spiro atoms. The number of ether oxygens (including phenoxy) is 2. The van der Waals surface area contributed by atoms with E-state index in [1.54, 1.807) is 4.90 Å². The molecule has 3 rings (SSSR count). The predicted octanol–water partition coefficient (Wildman–Crippen LogP) is 1.40. The highest BCUT2D eigenvalue weighted by Gasteiger charge is 2.32.